The molecule has 0 aromatic rings. The summed E-state index contributed by atoms with van der Waals surface area (Å²) in [5, 5.41) is 3.82. The van der Waals surface area contributed by atoms with Crippen molar-refractivity contribution in [2.45, 2.75) is 6.92 Å². The maximum absolute atomic E-state index is 5.31. The maximum Gasteiger partial charge on any atom is 0.462 e. The third-order valence-electron chi connectivity index (χ3n) is 0.570. The maximum atomic E-state index is 5.31. The molecule has 0 amide bonds. The normalized spacial score (nSPS) is 18.0. The van der Waals surface area contributed by atoms with E-state index in [2.05, 4.69) is 15.5 Å². The lowest BCUT2D eigenvalue weighted by molar-refractivity contribution is 0.941. The van der Waals surface area contributed by atoms with Crippen molar-refractivity contribution in [2.24, 2.45) is 4.99 Å². The molecule has 3 nitrogen and oxygen atoms in total. The van der Waals surface area contributed by atoms with E-state index in [1.54, 1.807) is 6.92 Å². The third kappa shape index (κ3) is 0.899. The van der Waals surface area contributed by atoms with Gasteiger partial charge in [-0.25, -0.2) is 0 Å². The molecule has 1 aliphatic rings. The molecule has 0 aromatic heterocycles. The average molecular weight is 118 g/mol. The van der Waals surface area contributed by atoms with Crippen LogP contribution < -0.4 is 10.5 Å². The van der Waals surface area contributed by atoms with Crippen molar-refractivity contribution in [1.29, 1.82) is 0 Å². The van der Waals surface area contributed by atoms with Gasteiger partial charge in [0.1, 0.15) is 0 Å². The summed E-state index contributed by atoms with van der Waals surface area (Å²) in [7, 11) is 0. The Labute approximate surface area is 46.1 Å². The molecule has 0 bridgehead atoms. The zero-order valence-electron chi connectivity index (χ0n) is 3.77. The van der Waals surface area contributed by atoms with Crippen LogP contribution in [0.1, 0.15) is 6.92 Å². The molecule has 0 spiro atoms. The fraction of sp³-hybridized carbons (Fsp3) is 0.333. The monoisotopic (exact) mass is 117 g/mol. The molecule has 0 aliphatic carbocycles. The molecule has 0 saturated carbocycles. The Hall–Kier alpha value is -0.570. The summed E-state index contributed by atoms with van der Waals surface area (Å²) in [6.45, 7) is 1.79. The van der Waals surface area contributed by atoms with Gasteiger partial charge in [0.2, 0.25) is 0 Å². The zero-order chi connectivity index (χ0) is 5.28. The van der Waals surface area contributed by atoms with E-state index >= 15 is 0 Å². The van der Waals surface area contributed by atoms with Crippen LogP contribution in [0.25, 0.3) is 0 Å². The molecule has 1 N–H and O–H groups in total. The molecule has 1 rings (SSSR count). The molecule has 0 saturated heterocycles. The van der Waals surface area contributed by atoms with Gasteiger partial charge in [-0.2, -0.15) is 0 Å². The quantitative estimate of drug-likeness (QED) is 0.441. The minimum Gasteiger partial charge on any atom is -0.146 e. The smallest absolute Gasteiger partial charge is 0.146 e. The van der Waals surface area contributed by atoms with E-state index in [-0.39, 0.29) is 5.29 Å². The highest BCUT2D eigenvalue weighted by Gasteiger charge is 2.14. The summed E-state index contributed by atoms with van der Waals surface area (Å²) in [5.74, 6) is 0.741. The summed E-state index contributed by atoms with van der Waals surface area (Å²) >= 11 is 5.31. The van der Waals surface area contributed by atoms with Crippen molar-refractivity contribution < 1.29 is 0 Å². The van der Waals surface area contributed by atoms with Crippen molar-refractivity contribution >= 4 is 22.7 Å². The second-order valence-corrected chi connectivity index (χ2v) is 1.53. The third-order valence-corrected chi connectivity index (χ3v) is 0.739. The lowest BCUT2D eigenvalue weighted by atomic mass is 10.7. The number of rotatable bonds is 0. The van der Waals surface area contributed by atoms with Gasteiger partial charge in [0.15, 0.2) is 0 Å². The van der Waals surface area contributed by atoms with Gasteiger partial charge in [-0.1, -0.05) is 0 Å². The molecule has 1 heterocycles. The van der Waals surface area contributed by atoms with Gasteiger partial charge in [0, 0.05) is 18.5 Å². The highest BCUT2D eigenvalue weighted by molar-refractivity contribution is 6.65. The van der Waals surface area contributed by atoms with Crippen molar-refractivity contribution in [3.05, 3.63) is 0 Å². The average Bonchev–Trinajstić information content (AvgIpc) is 1.87. The summed E-state index contributed by atoms with van der Waals surface area (Å²) in [6.07, 6.45) is 0. The van der Waals surface area contributed by atoms with Crippen LogP contribution in [0.5, 0.6) is 0 Å². The molecule has 0 fully saturated rings. The minimum absolute atomic E-state index is 0.275. The van der Waals surface area contributed by atoms with E-state index in [4.69, 9.17) is 11.6 Å². The van der Waals surface area contributed by atoms with Gasteiger partial charge in [0.25, 0.3) is 5.84 Å². The molecule has 4 heteroatoms. The number of amidine groups is 2. The Bertz CT molecular complexity index is 137. The van der Waals surface area contributed by atoms with Crippen molar-refractivity contribution in [3.8, 4) is 0 Å². The van der Waals surface area contributed by atoms with Gasteiger partial charge in [-0.05, 0) is 4.99 Å². The van der Waals surface area contributed by atoms with Crippen LogP contribution >= 0.6 is 11.6 Å². The van der Waals surface area contributed by atoms with Crippen LogP contribution in [0.3, 0.4) is 0 Å². The number of hydrogen-bond donors (Lipinski definition) is 1. The molecule has 0 unspecified atom stereocenters. The zero-order valence-corrected chi connectivity index (χ0v) is 4.53. The molecular formula is C3H4ClN3+. The van der Waals surface area contributed by atoms with Gasteiger partial charge >= 0.3 is 5.29 Å². The van der Waals surface area contributed by atoms with Crippen LogP contribution in [0.4, 0.5) is 0 Å². The van der Waals surface area contributed by atoms with Gasteiger partial charge in [-0.15, -0.1) is 5.43 Å². The largest absolute Gasteiger partial charge is 0.462 e. The molecule has 1 radical (unpaired) electrons. The predicted octanol–water partition coefficient (Wildman–Crippen LogP) is -0.146. The van der Waals surface area contributed by atoms with E-state index in [1.807, 2.05) is 0 Å². The first-order valence-electron chi connectivity index (χ1n) is 1.83. The Kier molecular flexibility index (Phi) is 0.982. The first-order chi connectivity index (χ1) is 3.29. The minimum atomic E-state index is 0.275. The summed E-state index contributed by atoms with van der Waals surface area (Å²) < 4.78 is 0. The molecular weight excluding hydrogens is 114 g/mol. The Morgan fingerprint density at radius 2 is 2.57 bits per heavy atom. The second kappa shape index (κ2) is 1.50. The summed E-state index contributed by atoms with van der Waals surface area (Å²) in [6, 6.07) is 0. The van der Waals surface area contributed by atoms with E-state index in [0.717, 1.165) is 5.84 Å². The van der Waals surface area contributed by atoms with Crippen LogP contribution in [0.15, 0.2) is 4.99 Å². The summed E-state index contributed by atoms with van der Waals surface area (Å²) in [5.41, 5.74) is 2.58. The molecule has 0 atom stereocenters. The van der Waals surface area contributed by atoms with Crippen LogP contribution in [0.2, 0.25) is 0 Å². The predicted molar refractivity (Wildman–Crippen MR) is 29.2 cm³/mol. The highest BCUT2D eigenvalue weighted by atomic mass is 35.5. The van der Waals surface area contributed by atoms with Crippen LogP contribution in [0, 0.1) is 0 Å². The Morgan fingerprint density at radius 1 is 1.86 bits per heavy atom. The number of aliphatic imine (C=N–C) groups is 1. The topological polar surface area (TPSA) is 38.5 Å². The van der Waals surface area contributed by atoms with E-state index < -0.39 is 0 Å². The number of hydrogen-bond acceptors (Lipinski definition) is 3. The van der Waals surface area contributed by atoms with Crippen molar-refractivity contribution in [1.82, 2.24) is 10.5 Å². The van der Waals surface area contributed by atoms with Crippen LogP contribution in [-0.4, -0.2) is 11.1 Å². The molecule has 7 heavy (non-hydrogen) atoms. The van der Waals surface area contributed by atoms with Gasteiger partial charge in [-0.3, -0.25) is 0 Å². The van der Waals surface area contributed by atoms with Crippen LogP contribution in [-0.2, 0) is 0 Å². The standard InChI is InChI=1S/C3H4ClN3/c1-2-5-3(4)7-6-2/h1H3,(H,5,6)/q+1. The SMILES string of the molecule is CC1=NC(Cl)=[N+]N1. The lowest BCUT2D eigenvalue weighted by Crippen LogP contribution is -2.16. The first-order valence-corrected chi connectivity index (χ1v) is 2.21. The van der Waals surface area contributed by atoms with Gasteiger partial charge in [0.05, 0.1) is 5.10 Å². The van der Waals surface area contributed by atoms with E-state index in [1.165, 1.54) is 0 Å². The van der Waals surface area contributed by atoms with Crippen molar-refractivity contribution in [2.75, 3.05) is 0 Å². The fourth-order valence-corrected chi connectivity index (χ4v) is 0.484. The first kappa shape index (κ1) is 4.59. The number of hydrazone groups is 1. The Balaban J connectivity index is 2.69. The Morgan fingerprint density at radius 3 is 2.71 bits per heavy atom. The number of nitrogens with one attached hydrogen (secondary N) is 1. The molecule has 1 aliphatic heterocycles. The fourth-order valence-electron chi connectivity index (χ4n) is 0.315. The molecule has 37 valence electrons. The number of nitrogens with zero attached hydrogens (tertiary/aromatic N) is 2. The number of halogens is 1. The van der Waals surface area contributed by atoms with E-state index in [9.17, 15) is 0 Å². The lowest BCUT2D eigenvalue weighted by Gasteiger charge is -1.68. The van der Waals surface area contributed by atoms with Gasteiger partial charge < -0.3 is 0 Å². The summed E-state index contributed by atoms with van der Waals surface area (Å²) in [4.78, 5) is 3.71. The van der Waals surface area contributed by atoms with E-state index in [0.29, 0.717) is 0 Å². The second-order valence-electron chi connectivity index (χ2n) is 1.19. The molecule has 0 aromatic carbocycles. The highest BCUT2D eigenvalue weighted by Crippen LogP contribution is 1.86. The van der Waals surface area contributed by atoms with Crippen molar-refractivity contribution in [3.63, 3.8) is 0 Å².